The van der Waals surface area contributed by atoms with Gasteiger partial charge in [0.25, 0.3) is 0 Å². The molecule has 0 fully saturated rings. The summed E-state index contributed by atoms with van der Waals surface area (Å²) in [6.07, 6.45) is 1.28. The van der Waals surface area contributed by atoms with Crippen LogP contribution in [0.3, 0.4) is 0 Å². The molecule has 0 atom stereocenters. The molecule has 0 unspecified atom stereocenters. The van der Waals surface area contributed by atoms with Crippen molar-refractivity contribution >= 4 is 35.1 Å². The molecule has 3 amide bonds. The molecule has 2 aromatic rings. The second-order valence-electron chi connectivity index (χ2n) is 6.76. The van der Waals surface area contributed by atoms with E-state index in [0.29, 0.717) is 30.3 Å². The van der Waals surface area contributed by atoms with Gasteiger partial charge in [-0.15, -0.1) is 11.8 Å². The van der Waals surface area contributed by atoms with Gasteiger partial charge in [-0.3, -0.25) is 4.79 Å². The van der Waals surface area contributed by atoms with Crippen LogP contribution in [0, 0.1) is 11.7 Å². The molecule has 0 saturated heterocycles. The Bertz CT molecular complexity index is 764. The number of anilines is 2. The van der Waals surface area contributed by atoms with E-state index >= 15 is 0 Å². The van der Waals surface area contributed by atoms with Crippen LogP contribution >= 0.6 is 11.8 Å². The monoisotopic (exact) mass is 403 g/mol. The normalized spacial score (nSPS) is 10.6. The number of carbonyl (C=O) groups excluding carboxylic acids is 2. The molecule has 0 aromatic heterocycles. The van der Waals surface area contributed by atoms with Crippen molar-refractivity contribution in [3.8, 4) is 0 Å². The van der Waals surface area contributed by atoms with Gasteiger partial charge in [-0.2, -0.15) is 0 Å². The van der Waals surface area contributed by atoms with Crippen LogP contribution in [-0.4, -0.2) is 24.2 Å². The largest absolute Gasteiger partial charge is 0.338 e. The van der Waals surface area contributed by atoms with Crippen molar-refractivity contribution in [1.29, 1.82) is 0 Å². The van der Waals surface area contributed by atoms with Crippen LogP contribution in [0.1, 0.15) is 26.7 Å². The molecule has 5 nitrogen and oxygen atoms in total. The van der Waals surface area contributed by atoms with E-state index in [9.17, 15) is 14.0 Å². The number of urea groups is 1. The Balaban J connectivity index is 1.64. The molecule has 0 aliphatic rings. The van der Waals surface area contributed by atoms with Crippen LogP contribution in [0.4, 0.5) is 20.6 Å². The highest BCUT2D eigenvalue weighted by Gasteiger charge is 2.06. The highest BCUT2D eigenvalue weighted by atomic mass is 32.2. The second kappa shape index (κ2) is 11.3. The van der Waals surface area contributed by atoms with E-state index in [1.807, 2.05) is 13.8 Å². The fourth-order valence-electron chi connectivity index (χ4n) is 2.39. The van der Waals surface area contributed by atoms with Crippen molar-refractivity contribution in [2.75, 3.05) is 22.9 Å². The van der Waals surface area contributed by atoms with Crippen LogP contribution in [0.5, 0.6) is 0 Å². The molecule has 0 spiro atoms. The standard InChI is InChI=1S/C21H26FN3O2S/c1-15(2)14-20(26)24-17-6-8-18(9-7-17)25-21(27)23-12-3-13-28-19-10-4-16(22)5-11-19/h4-11,15H,3,12-14H2,1-2H3,(H,24,26)(H2,23,25,27). The lowest BCUT2D eigenvalue weighted by molar-refractivity contribution is -0.116. The Hall–Kier alpha value is -2.54. The van der Waals surface area contributed by atoms with E-state index in [1.165, 1.54) is 12.1 Å². The van der Waals surface area contributed by atoms with Crippen molar-refractivity contribution in [3.63, 3.8) is 0 Å². The lowest BCUT2D eigenvalue weighted by Crippen LogP contribution is -2.29. The summed E-state index contributed by atoms with van der Waals surface area (Å²) in [6.45, 7) is 4.53. The van der Waals surface area contributed by atoms with Gasteiger partial charge in [0.15, 0.2) is 0 Å². The Labute approximate surface area is 169 Å². The number of hydrogen-bond donors (Lipinski definition) is 3. The molecule has 7 heteroatoms. The lowest BCUT2D eigenvalue weighted by Gasteiger charge is -2.10. The number of amides is 3. The fourth-order valence-corrected chi connectivity index (χ4v) is 3.24. The molecule has 2 rings (SSSR count). The predicted molar refractivity (Wildman–Crippen MR) is 113 cm³/mol. The molecular formula is C21H26FN3O2S. The van der Waals surface area contributed by atoms with Crippen molar-refractivity contribution in [2.24, 2.45) is 5.92 Å². The van der Waals surface area contributed by atoms with Gasteiger partial charge < -0.3 is 16.0 Å². The van der Waals surface area contributed by atoms with E-state index in [2.05, 4.69) is 16.0 Å². The SMILES string of the molecule is CC(C)CC(=O)Nc1ccc(NC(=O)NCCCSc2ccc(F)cc2)cc1. The van der Waals surface area contributed by atoms with E-state index in [4.69, 9.17) is 0 Å². The van der Waals surface area contributed by atoms with E-state index < -0.39 is 0 Å². The molecule has 0 saturated carbocycles. The van der Waals surface area contributed by atoms with E-state index in [-0.39, 0.29) is 17.8 Å². The Kier molecular flexibility index (Phi) is 8.81. The first-order valence-corrected chi connectivity index (χ1v) is 10.2. The summed E-state index contributed by atoms with van der Waals surface area (Å²) in [5.41, 5.74) is 1.36. The van der Waals surface area contributed by atoms with E-state index in [0.717, 1.165) is 17.1 Å². The Morgan fingerprint density at radius 3 is 2.18 bits per heavy atom. The topological polar surface area (TPSA) is 70.2 Å². The first kappa shape index (κ1) is 21.8. The summed E-state index contributed by atoms with van der Waals surface area (Å²) in [5, 5.41) is 8.39. The van der Waals surface area contributed by atoms with Crippen molar-refractivity contribution in [1.82, 2.24) is 5.32 Å². The van der Waals surface area contributed by atoms with Crippen molar-refractivity contribution in [3.05, 3.63) is 54.3 Å². The van der Waals surface area contributed by atoms with Gasteiger partial charge in [-0.1, -0.05) is 13.8 Å². The highest BCUT2D eigenvalue weighted by Crippen LogP contribution is 2.18. The van der Waals surface area contributed by atoms with E-state index in [1.54, 1.807) is 48.2 Å². The van der Waals surface area contributed by atoms with Gasteiger partial charge in [0.05, 0.1) is 0 Å². The zero-order valence-electron chi connectivity index (χ0n) is 16.1. The summed E-state index contributed by atoms with van der Waals surface area (Å²) in [7, 11) is 0. The summed E-state index contributed by atoms with van der Waals surface area (Å²) < 4.78 is 12.8. The molecule has 0 heterocycles. The number of halogens is 1. The summed E-state index contributed by atoms with van der Waals surface area (Å²) in [5.74, 6) is 0.871. The summed E-state index contributed by atoms with van der Waals surface area (Å²) >= 11 is 1.62. The van der Waals surface area contributed by atoms with Crippen LogP contribution in [-0.2, 0) is 4.79 Å². The maximum atomic E-state index is 12.8. The summed E-state index contributed by atoms with van der Waals surface area (Å²) in [4.78, 5) is 24.7. The van der Waals surface area contributed by atoms with Gasteiger partial charge >= 0.3 is 6.03 Å². The molecule has 0 aliphatic carbocycles. The molecule has 150 valence electrons. The average Bonchev–Trinajstić information content (AvgIpc) is 2.64. The van der Waals surface area contributed by atoms with Gasteiger partial charge in [0, 0.05) is 29.2 Å². The molecule has 0 aliphatic heterocycles. The summed E-state index contributed by atoms with van der Waals surface area (Å²) in [6, 6.07) is 13.1. The molecule has 28 heavy (non-hydrogen) atoms. The van der Waals surface area contributed by atoms with Crippen LogP contribution in [0.25, 0.3) is 0 Å². The van der Waals surface area contributed by atoms with Gasteiger partial charge in [0.2, 0.25) is 5.91 Å². The molecular weight excluding hydrogens is 377 g/mol. The minimum absolute atomic E-state index is 0.0213. The second-order valence-corrected chi connectivity index (χ2v) is 7.93. The first-order valence-electron chi connectivity index (χ1n) is 9.25. The first-order chi connectivity index (χ1) is 13.4. The molecule has 2 aromatic carbocycles. The Morgan fingerprint density at radius 1 is 0.964 bits per heavy atom. The van der Waals surface area contributed by atoms with Crippen LogP contribution in [0.15, 0.2) is 53.4 Å². The minimum atomic E-state index is -0.275. The molecule has 0 radical (unpaired) electrons. The van der Waals surface area contributed by atoms with Crippen molar-refractivity contribution < 1.29 is 14.0 Å². The average molecular weight is 404 g/mol. The third kappa shape index (κ3) is 8.43. The lowest BCUT2D eigenvalue weighted by atomic mass is 10.1. The number of carbonyl (C=O) groups is 2. The highest BCUT2D eigenvalue weighted by molar-refractivity contribution is 7.99. The van der Waals surface area contributed by atoms with Gasteiger partial charge in [0.1, 0.15) is 5.82 Å². The smallest absolute Gasteiger partial charge is 0.319 e. The zero-order chi connectivity index (χ0) is 20.4. The number of nitrogens with one attached hydrogen (secondary N) is 3. The zero-order valence-corrected chi connectivity index (χ0v) is 16.9. The molecule has 0 bridgehead atoms. The fraction of sp³-hybridized carbons (Fsp3) is 0.333. The van der Waals surface area contributed by atoms with Crippen molar-refractivity contribution in [2.45, 2.75) is 31.6 Å². The number of benzene rings is 2. The maximum Gasteiger partial charge on any atom is 0.319 e. The molecule has 3 N–H and O–H groups in total. The quantitative estimate of drug-likeness (QED) is 0.402. The number of rotatable bonds is 9. The predicted octanol–water partition coefficient (Wildman–Crippen LogP) is 5.11. The number of hydrogen-bond acceptors (Lipinski definition) is 3. The third-order valence-electron chi connectivity index (χ3n) is 3.71. The number of thioether (sulfide) groups is 1. The van der Waals surface area contributed by atoms with Crippen LogP contribution < -0.4 is 16.0 Å². The van der Waals surface area contributed by atoms with Gasteiger partial charge in [-0.25, -0.2) is 9.18 Å². The van der Waals surface area contributed by atoms with Crippen LogP contribution in [0.2, 0.25) is 0 Å². The minimum Gasteiger partial charge on any atom is -0.338 e. The Morgan fingerprint density at radius 2 is 1.57 bits per heavy atom. The van der Waals surface area contributed by atoms with Gasteiger partial charge in [-0.05, 0) is 66.6 Å². The third-order valence-corrected chi connectivity index (χ3v) is 4.81. The maximum absolute atomic E-state index is 12.8.